The van der Waals surface area contributed by atoms with Gasteiger partial charge in [-0.05, 0) is 85.9 Å². The minimum Gasteiger partial charge on any atom is -0.494 e. The maximum Gasteiger partial charge on any atom is 0.174 e. The fourth-order valence-corrected chi connectivity index (χ4v) is 4.82. The van der Waals surface area contributed by atoms with Crippen molar-refractivity contribution in [1.29, 1.82) is 0 Å². The SMILES string of the molecule is CCOc1ccc(N2C(=S)N[C@H](c3ccccn3)[C@@H]2c2ccc(-c3ccc(Br)cc3F)o2)cc1. The lowest BCUT2D eigenvalue weighted by Gasteiger charge is -2.26. The predicted octanol–water partition coefficient (Wildman–Crippen LogP) is 6.82. The summed E-state index contributed by atoms with van der Waals surface area (Å²) in [6.07, 6.45) is 1.75. The quantitative estimate of drug-likeness (QED) is 0.272. The molecule has 0 radical (unpaired) electrons. The molecule has 0 saturated carbocycles. The number of thiocarbonyl (C=S) groups is 1. The van der Waals surface area contributed by atoms with E-state index in [0.717, 1.165) is 17.1 Å². The highest BCUT2D eigenvalue weighted by Gasteiger charge is 2.42. The van der Waals surface area contributed by atoms with Crippen LogP contribution >= 0.6 is 28.1 Å². The van der Waals surface area contributed by atoms with Gasteiger partial charge in [0.2, 0.25) is 0 Å². The second-order valence-electron chi connectivity index (χ2n) is 7.75. The lowest BCUT2D eigenvalue weighted by Crippen LogP contribution is -2.29. The summed E-state index contributed by atoms with van der Waals surface area (Å²) in [5, 5.41) is 3.95. The maximum atomic E-state index is 14.6. The zero-order chi connectivity index (χ0) is 23.7. The van der Waals surface area contributed by atoms with E-state index in [-0.39, 0.29) is 17.9 Å². The first-order valence-electron chi connectivity index (χ1n) is 10.8. The lowest BCUT2D eigenvalue weighted by atomic mass is 10.0. The molecule has 1 N–H and O–H groups in total. The van der Waals surface area contributed by atoms with E-state index in [9.17, 15) is 4.39 Å². The number of halogens is 2. The van der Waals surface area contributed by atoms with Crippen LogP contribution in [0.15, 0.2) is 87.9 Å². The molecule has 0 aliphatic carbocycles. The van der Waals surface area contributed by atoms with Crippen molar-refractivity contribution in [2.24, 2.45) is 0 Å². The number of anilines is 1. The van der Waals surface area contributed by atoms with E-state index in [0.29, 0.717) is 33.3 Å². The highest BCUT2D eigenvalue weighted by Crippen LogP contribution is 2.43. The van der Waals surface area contributed by atoms with Gasteiger partial charge >= 0.3 is 0 Å². The molecule has 34 heavy (non-hydrogen) atoms. The summed E-state index contributed by atoms with van der Waals surface area (Å²) in [7, 11) is 0. The Hall–Kier alpha value is -3.23. The first-order chi connectivity index (χ1) is 16.5. The van der Waals surface area contributed by atoms with Gasteiger partial charge in [0.15, 0.2) is 5.11 Å². The smallest absolute Gasteiger partial charge is 0.174 e. The maximum absolute atomic E-state index is 14.6. The van der Waals surface area contributed by atoms with Crippen LogP contribution in [0.2, 0.25) is 0 Å². The van der Waals surface area contributed by atoms with Gasteiger partial charge in [0.1, 0.15) is 29.1 Å². The predicted molar refractivity (Wildman–Crippen MR) is 137 cm³/mol. The van der Waals surface area contributed by atoms with Gasteiger partial charge in [-0.3, -0.25) is 4.98 Å². The molecule has 5 rings (SSSR count). The third-order valence-corrected chi connectivity index (χ3v) is 6.45. The van der Waals surface area contributed by atoms with Gasteiger partial charge in [-0.15, -0.1) is 0 Å². The van der Waals surface area contributed by atoms with Crippen LogP contribution in [0, 0.1) is 5.82 Å². The monoisotopic (exact) mass is 537 g/mol. The Morgan fingerprint density at radius 2 is 1.94 bits per heavy atom. The van der Waals surface area contributed by atoms with Crippen molar-refractivity contribution in [3.63, 3.8) is 0 Å². The number of ether oxygens (including phenoxy) is 1. The Balaban J connectivity index is 1.57. The van der Waals surface area contributed by atoms with Gasteiger partial charge in [-0.2, -0.15) is 0 Å². The fraction of sp³-hybridized carbons (Fsp3) is 0.154. The van der Waals surface area contributed by atoms with Crippen molar-refractivity contribution >= 4 is 38.9 Å². The molecule has 2 atom stereocenters. The third-order valence-electron chi connectivity index (χ3n) is 5.64. The normalized spacial score (nSPS) is 17.6. The summed E-state index contributed by atoms with van der Waals surface area (Å²) in [6.45, 7) is 2.54. The van der Waals surface area contributed by atoms with E-state index in [1.807, 2.05) is 60.4 Å². The summed E-state index contributed by atoms with van der Waals surface area (Å²) >= 11 is 9.05. The van der Waals surface area contributed by atoms with Gasteiger partial charge in [0.05, 0.1) is 23.9 Å². The van der Waals surface area contributed by atoms with Crippen molar-refractivity contribution < 1.29 is 13.5 Å². The number of pyridine rings is 1. The zero-order valence-electron chi connectivity index (χ0n) is 18.2. The summed E-state index contributed by atoms with van der Waals surface area (Å²) < 4.78 is 27.1. The van der Waals surface area contributed by atoms with E-state index < -0.39 is 0 Å². The number of hydrogen-bond acceptors (Lipinski definition) is 4. The number of furan rings is 1. The Morgan fingerprint density at radius 3 is 2.65 bits per heavy atom. The molecule has 0 bridgehead atoms. The minimum atomic E-state index is -0.361. The van der Waals surface area contributed by atoms with Gasteiger partial charge in [-0.25, -0.2) is 4.39 Å². The number of hydrogen-bond donors (Lipinski definition) is 1. The lowest BCUT2D eigenvalue weighted by molar-refractivity contribution is 0.340. The van der Waals surface area contributed by atoms with Crippen LogP contribution in [0.25, 0.3) is 11.3 Å². The highest BCUT2D eigenvalue weighted by molar-refractivity contribution is 9.10. The van der Waals surface area contributed by atoms with E-state index in [1.54, 1.807) is 24.4 Å². The molecule has 3 heterocycles. The molecule has 2 aromatic carbocycles. The Bertz CT molecular complexity index is 1310. The zero-order valence-corrected chi connectivity index (χ0v) is 20.6. The molecule has 1 saturated heterocycles. The Labute approximate surface area is 210 Å². The van der Waals surface area contributed by atoms with Crippen molar-refractivity contribution in [3.8, 4) is 17.1 Å². The summed E-state index contributed by atoms with van der Waals surface area (Å²) in [6, 6.07) is 21.5. The summed E-state index contributed by atoms with van der Waals surface area (Å²) in [5.41, 5.74) is 2.11. The first kappa shape index (κ1) is 22.6. The van der Waals surface area contributed by atoms with Crippen LogP contribution in [0.3, 0.4) is 0 Å². The fourth-order valence-electron chi connectivity index (χ4n) is 4.14. The molecular formula is C26H21BrFN3O2S. The van der Waals surface area contributed by atoms with Crippen LogP contribution in [0.1, 0.15) is 30.5 Å². The molecular weight excluding hydrogens is 517 g/mol. The van der Waals surface area contributed by atoms with Gasteiger partial charge in [-0.1, -0.05) is 22.0 Å². The number of aromatic nitrogens is 1. The van der Waals surface area contributed by atoms with E-state index in [4.69, 9.17) is 21.4 Å². The number of nitrogens with one attached hydrogen (secondary N) is 1. The average molecular weight is 538 g/mol. The molecule has 4 aromatic rings. The molecule has 0 unspecified atom stereocenters. The van der Waals surface area contributed by atoms with Gasteiger partial charge in [0, 0.05) is 16.4 Å². The Morgan fingerprint density at radius 1 is 1.12 bits per heavy atom. The molecule has 5 nitrogen and oxygen atoms in total. The molecule has 2 aromatic heterocycles. The number of nitrogens with zero attached hydrogens (tertiary/aromatic N) is 2. The van der Waals surface area contributed by atoms with Gasteiger partial charge in [0.25, 0.3) is 0 Å². The Kier molecular flexibility index (Phi) is 6.34. The number of rotatable bonds is 6. The van der Waals surface area contributed by atoms with Crippen LogP contribution in [0.5, 0.6) is 5.75 Å². The molecule has 8 heteroatoms. The van der Waals surface area contributed by atoms with Crippen molar-refractivity contribution in [3.05, 3.63) is 101 Å². The molecule has 1 fully saturated rings. The van der Waals surface area contributed by atoms with Crippen LogP contribution in [-0.4, -0.2) is 16.7 Å². The van der Waals surface area contributed by atoms with Crippen molar-refractivity contribution in [2.75, 3.05) is 11.5 Å². The largest absolute Gasteiger partial charge is 0.494 e. The molecule has 0 amide bonds. The second-order valence-corrected chi connectivity index (χ2v) is 9.05. The van der Waals surface area contributed by atoms with Crippen LogP contribution in [0.4, 0.5) is 10.1 Å². The average Bonchev–Trinajstić information content (AvgIpc) is 3.45. The molecule has 1 aliphatic rings. The summed E-state index contributed by atoms with van der Waals surface area (Å²) in [4.78, 5) is 6.56. The van der Waals surface area contributed by atoms with E-state index in [1.165, 1.54) is 6.07 Å². The third kappa shape index (κ3) is 4.31. The summed E-state index contributed by atoms with van der Waals surface area (Å²) in [5.74, 6) is 1.52. The van der Waals surface area contributed by atoms with Crippen LogP contribution in [-0.2, 0) is 0 Å². The topological polar surface area (TPSA) is 50.5 Å². The standard InChI is InChI=1S/C26H21BrFN3O2S/c1-2-32-18-9-7-17(8-10-18)31-25(24(30-26(31)34)21-5-3-4-14-29-21)23-13-12-22(33-23)19-11-6-16(27)15-20(19)28/h3-15,24-25H,2H2,1H3,(H,30,34)/t24-,25+/m1/s1. The van der Waals surface area contributed by atoms with Gasteiger partial charge < -0.3 is 19.4 Å². The number of benzene rings is 2. The van der Waals surface area contributed by atoms with E-state index in [2.05, 4.69) is 26.2 Å². The minimum absolute atomic E-state index is 0.256. The van der Waals surface area contributed by atoms with Crippen molar-refractivity contribution in [1.82, 2.24) is 10.3 Å². The van der Waals surface area contributed by atoms with E-state index >= 15 is 0 Å². The van der Waals surface area contributed by atoms with Crippen molar-refractivity contribution in [2.45, 2.75) is 19.0 Å². The molecule has 0 spiro atoms. The highest BCUT2D eigenvalue weighted by atomic mass is 79.9. The van der Waals surface area contributed by atoms with Crippen LogP contribution < -0.4 is 15.0 Å². The molecule has 172 valence electrons. The second kappa shape index (κ2) is 9.56. The molecule has 1 aliphatic heterocycles. The first-order valence-corrected chi connectivity index (χ1v) is 12.0.